The molecule has 7 heteroatoms. The highest BCUT2D eigenvalue weighted by atomic mass is 32.2. The van der Waals surface area contributed by atoms with Gasteiger partial charge in [-0.1, -0.05) is 0 Å². The van der Waals surface area contributed by atoms with Crippen molar-refractivity contribution in [1.82, 2.24) is 4.98 Å². The fourth-order valence-corrected chi connectivity index (χ4v) is 3.00. The fraction of sp³-hybridized carbons (Fsp3) is 0.500. The maximum atomic E-state index is 12.9. The normalized spacial score (nSPS) is 19.3. The number of aliphatic hydroxyl groups is 1. The summed E-state index contributed by atoms with van der Waals surface area (Å²) in [5.74, 6) is 0.0830. The van der Waals surface area contributed by atoms with E-state index in [1.54, 1.807) is 4.90 Å². The first-order chi connectivity index (χ1) is 8.02. The van der Waals surface area contributed by atoms with Gasteiger partial charge in [0.1, 0.15) is 11.6 Å². The standard InChI is InChI=1S/C10H13FN2O3S/c11-9-5-8(7-14)10(12-6-9)13-1-3-17(15,16)4-2-13/h5-6,14H,1-4,7H2. The molecular weight excluding hydrogens is 247 g/mol. The molecule has 0 amide bonds. The van der Waals surface area contributed by atoms with Crippen molar-refractivity contribution in [3.8, 4) is 0 Å². The Morgan fingerprint density at radius 1 is 1.41 bits per heavy atom. The predicted molar refractivity (Wildman–Crippen MR) is 61.0 cm³/mol. The topological polar surface area (TPSA) is 70.5 Å². The predicted octanol–water partition coefficient (Wildman–Crippen LogP) is -0.0522. The van der Waals surface area contributed by atoms with Gasteiger partial charge in [0.05, 0.1) is 24.3 Å². The number of aliphatic hydroxyl groups excluding tert-OH is 1. The van der Waals surface area contributed by atoms with Crippen LogP contribution in [0.2, 0.25) is 0 Å². The summed E-state index contributed by atoms with van der Waals surface area (Å²) in [7, 11) is -2.96. The van der Waals surface area contributed by atoms with Gasteiger partial charge in [-0.05, 0) is 6.07 Å². The van der Waals surface area contributed by atoms with E-state index in [1.165, 1.54) is 6.07 Å². The highest BCUT2D eigenvalue weighted by molar-refractivity contribution is 7.91. The Balaban J connectivity index is 2.24. The lowest BCUT2D eigenvalue weighted by atomic mass is 10.2. The van der Waals surface area contributed by atoms with E-state index in [-0.39, 0.29) is 18.1 Å². The average molecular weight is 260 g/mol. The van der Waals surface area contributed by atoms with Gasteiger partial charge >= 0.3 is 0 Å². The molecule has 1 aliphatic rings. The summed E-state index contributed by atoms with van der Waals surface area (Å²) in [6.07, 6.45) is 1.07. The van der Waals surface area contributed by atoms with Gasteiger partial charge in [-0.3, -0.25) is 0 Å². The van der Waals surface area contributed by atoms with Crippen molar-refractivity contribution in [3.63, 3.8) is 0 Å². The molecule has 2 rings (SSSR count). The second-order valence-electron chi connectivity index (χ2n) is 3.93. The average Bonchev–Trinajstić information content (AvgIpc) is 2.29. The van der Waals surface area contributed by atoms with E-state index in [9.17, 15) is 12.8 Å². The number of hydrogen-bond acceptors (Lipinski definition) is 5. The highest BCUT2D eigenvalue weighted by Crippen LogP contribution is 2.20. The van der Waals surface area contributed by atoms with Crippen LogP contribution in [0.15, 0.2) is 12.3 Å². The molecule has 1 N–H and O–H groups in total. The summed E-state index contributed by atoms with van der Waals surface area (Å²) in [5.41, 5.74) is 0.379. The van der Waals surface area contributed by atoms with Crippen LogP contribution < -0.4 is 4.90 Å². The van der Waals surface area contributed by atoms with Crippen molar-refractivity contribution in [2.45, 2.75) is 6.61 Å². The van der Waals surface area contributed by atoms with Crippen molar-refractivity contribution < 1.29 is 17.9 Å². The summed E-state index contributed by atoms with van der Waals surface area (Å²) in [4.78, 5) is 5.67. The highest BCUT2D eigenvalue weighted by Gasteiger charge is 2.24. The number of pyridine rings is 1. The summed E-state index contributed by atoms with van der Waals surface area (Å²) in [6.45, 7) is 0.339. The molecular formula is C10H13FN2O3S. The minimum atomic E-state index is -2.96. The fourth-order valence-electron chi connectivity index (χ4n) is 1.80. The summed E-state index contributed by atoms with van der Waals surface area (Å²) in [6, 6.07) is 1.21. The minimum absolute atomic E-state index is 0.0664. The molecule has 2 heterocycles. The molecule has 1 saturated heterocycles. The molecule has 17 heavy (non-hydrogen) atoms. The van der Waals surface area contributed by atoms with E-state index in [2.05, 4.69) is 4.98 Å². The molecule has 0 radical (unpaired) electrons. The van der Waals surface area contributed by atoms with Crippen molar-refractivity contribution in [3.05, 3.63) is 23.6 Å². The minimum Gasteiger partial charge on any atom is -0.392 e. The first-order valence-corrected chi connectivity index (χ1v) is 7.04. The number of nitrogens with zero attached hydrogens (tertiary/aromatic N) is 2. The van der Waals surface area contributed by atoms with Crippen molar-refractivity contribution in [2.24, 2.45) is 0 Å². The molecule has 5 nitrogen and oxygen atoms in total. The Hall–Kier alpha value is -1.21. The Morgan fingerprint density at radius 3 is 2.65 bits per heavy atom. The largest absolute Gasteiger partial charge is 0.392 e. The number of rotatable bonds is 2. The molecule has 0 saturated carbocycles. The van der Waals surface area contributed by atoms with Crippen molar-refractivity contribution in [1.29, 1.82) is 0 Å². The van der Waals surface area contributed by atoms with Crippen LogP contribution in [0.3, 0.4) is 0 Å². The lowest BCUT2D eigenvalue weighted by Gasteiger charge is -2.29. The SMILES string of the molecule is O=S1(=O)CCN(c2ncc(F)cc2CO)CC1. The lowest BCUT2D eigenvalue weighted by molar-refractivity contribution is 0.281. The molecule has 1 aromatic heterocycles. The van der Waals surface area contributed by atoms with Gasteiger partial charge < -0.3 is 10.0 Å². The third-order valence-electron chi connectivity index (χ3n) is 2.72. The Kier molecular flexibility index (Phi) is 3.30. The van der Waals surface area contributed by atoms with Crippen LogP contribution in [0, 0.1) is 5.82 Å². The number of aromatic nitrogens is 1. The first kappa shape index (κ1) is 12.3. The van der Waals surface area contributed by atoms with Crippen molar-refractivity contribution >= 4 is 15.7 Å². The molecule has 0 atom stereocenters. The Morgan fingerprint density at radius 2 is 2.06 bits per heavy atom. The molecule has 1 fully saturated rings. The van der Waals surface area contributed by atoms with Crippen LogP contribution in [-0.2, 0) is 16.4 Å². The van der Waals surface area contributed by atoms with Crippen LogP contribution in [0.4, 0.5) is 10.2 Å². The maximum Gasteiger partial charge on any atom is 0.153 e. The van der Waals surface area contributed by atoms with E-state index >= 15 is 0 Å². The molecule has 0 unspecified atom stereocenters. The van der Waals surface area contributed by atoms with Crippen LogP contribution in [-0.4, -0.2) is 43.1 Å². The molecule has 0 bridgehead atoms. The van der Waals surface area contributed by atoms with Crippen molar-refractivity contribution in [2.75, 3.05) is 29.5 Å². The van der Waals surface area contributed by atoms with Crippen LogP contribution in [0.1, 0.15) is 5.56 Å². The third-order valence-corrected chi connectivity index (χ3v) is 4.33. The molecule has 94 valence electrons. The number of sulfone groups is 1. The maximum absolute atomic E-state index is 12.9. The van der Waals surface area contributed by atoms with Crippen LogP contribution in [0.5, 0.6) is 0 Å². The first-order valence-electron chi connectivity index (χ1n) is 5.22. The number of halogens is 1. The number of hydrogen-bond donors (Lipinski definition) is 1. The Labute approximate surface area is 98.8 Å². The second kappa shape index (κ2) is 4.58. The quantitative estimate of drug-likeness (QED) is 0.807. The van der Waals surface area contributed by atoms with Gasteiger partial charge in [0, 0.05) is 18.7 Å². The summed E-state index contributed by atoms with van der Waals surface area (Å²) < 4.78 is 35.5. The summed E-state index contributed by atoms with van der Waals surface area (Å²) in [5, 5.41) is 9.12. The van der Waals surface area contributed by atoms with E-state index in [0.29, 0.717) is 24.5 Å². The zero-order chi connectivity index (χ0) is 12.5. The lowest BCUT2D eigenvalue weighted by Crippen LogP contribution is -2.41. The van der Waals surface area contributed by atoms with E-state index in [4.69, 9.17) is 5.11 Å². The molecule has 0 aliphatic carbocycles. The molecule has 0 aromatic carbocycles. The smallest absolute Gasteiger partial charge is 0.153 e. The van der Waals surface area contributed by atoms with E-state index < -0.39 is 15.7 Å². The Bertz CT molecular complexity index is 504. The van der Waals surface area contributed by atoms with Gasteiger partial charge in [-0.2, -0.15) is 0 Å². The second-order valence-corrected chi connectivity index (χ2v) is 6.24. The zero-order valence-electron chi connectivity index (χ0n) is 9.13. The summed E-state index contributed by atoms with van der Waals surface area (Å²) >= 11 is 0. The van der Waals surface area contributed by atoms with E-state index in [0.717, 1.165) is 6.20 Å². The van der Waals surface area contributed by atoms with Gasteiger partial charge in [0.2, 0.25) is 0 Å². The van der Waals surface area contributed by atoms with Crippen LogP contribution >= 0.6 is 0 Å². The van der Waals surface area contributed by atoms with Gasteiger partial charge in [-0.25, -0.2) is 17.8 Å². The van der Waals surface area contributed by atoms with Crippen LogP contribution in [0.25, 0.3) is 0 Å². The zero-order valence-corrected chi connectivity index (χ0v) is 9.95. The van der Waals surface area contributed by atoms with Gasteiger partial charge in [0.15, 0.2) is 9.84 Å². The van der Waals surface area contributed by atoms with Gasteiger partial charge in [0.25, 0.3) is 0 Å². The van der Waals surface area contributed by atoms with E-state index in [1.807, 2.05) is 0 Å². The molecule has 1 aromatic rings. The third kappa shape index (κ3) is 2.73. The number of anilines is 1. The molecule has 0 spiro atoms. The monoisotopic (exact) mass is 260 g/mol. The van der Waals surface area contributed by atoms with Gasteiger partial charge in [-0.15, -0.1) is 0 Å². The molecule has 1 aliphatic heterocycles.